The topological polar surface area (TPSA) is 86.6 Å². The molecule has 0 bridgehead atoms. The Kier molecular flexibility index (Phi) is 4.29. The molecule has 0 aliphatic heterocycles. The van der Waals surface area contributed by atoms with Crippen molar-refractivity contribution >= 4 is 11.9 Å². The van der Waals surface area contributed by atoms with Crippen molar-refractivity contribution in [3.63, 3.8) is 0 Å². The standard InChI is InChI=1S/C11H19NO4/c1-6-3-8(9(4-6)11(15)16)10(14)12-7(2)5-13/h6-9,13H,3-5H2,1-2H3,(H,12,14)(H,15,16)/t6?,7-,8?,9?/m1/s1. The zero-order valence-corrected chi connectivity index (χ0v) is 9.64. The molecule has 1 rings (SSSR count). The molecule has 0 saturated heterocycles. The van der Waals surface area contributed by atoms with Gasteiger partial charge in [-0.15, -0.1) is 0 Å². The molecule has 92 valence electrons. The van der Waals surface area contributed by atoms with Gasteiger partial charge in [0.15, 0.2) is 0 Å². The van der Waals surface area contributed by atoms with Crippen molar-refractivity contribution in [1.82, 2.24) is 5.32 Å². The molecule has 3 N–H and O–H groups in total. The molecule has 1 fully saturated rings. The van der Waals surface area contributed by atoms with Gasteiger partial charge in [-0.1, -0.05) is 6.92 Å². The Morgan fingerprint density at radius 3 is 2.44 bits per heavy atom. The highest BCUT2D eigenvalue weighted by atomic mass is 16.4. The molecule has 0 aromatic rings. The smallest absolute Gasteiger partial charge is 0.307 e. The second kappa shape index (κ2) is 5.30. The first-order valence-corrected chi connectivity index (χ1v) is 5.59. The number of hydrogen-bond acceptors (Lipinski definition) is 3. The summed E-state index contributed by atoms with van der Waals surface area (Å²) in [5.41, 5.74) is 0. The number of carbonyl (C=O) groups excluding carboxylic acids is 1. The first-order valence-electron chi connectivity index (χ1n) is 5.59. The maximum absolute atomic E-state index is 11.8. The summed E-state index contributed by atoms with van der Waals surface area (Å²) >= 11 is 0. The lowest BCUT2D eigenvalue weighted by molar-refractivity contribution is -0.146. The number of aliphatic hydroxyl groups is 1. The fourth-order valence-corrected chi connectivity index (χ4v) is 2.25. The van der Waals surface area contributed by atoms with E-state index in [1.165, 1.54) is 0 Å². The van der Waals surface area contributed by atoms with Gasteiger partial charge in [0.2, 0.25) is 5.91 Å². The summed E-state index contributed by atoms with van der Waals surface area (Å²) in [7, 11) is 0. The average Bonchev–Trinajstić information content (AvgIpc) is 2.60. The van der Waals surface area contributed by atoms with E-state index in [1.807, 2.05) is 6.92 Å². The Labute approximate surface area is 94.8 Å². The van der Waals surface area contributed by atoms with Crippen molar-refractivity contribution in [3.8, 4) is 0 Å². The number of carboxylic acid groups (broad SMARTS) is 1. The number of amides is 1. The first kappa shape index (κ1) is 13.0. The second-order valence-electron chi connectivity index (χ2n) is 4.72. The molecule has 0 aromatic heterocycles. The van der Waals surface area contributed by atoms with Crippen LogP contribution >= 0.6 is 0 Å². The third-order valence-electron chi connectivity index (χ3n) is 3.11. The van der Waals surface area contributed by atoms with E-state index in [-0.39, 0.29) is 24.5 Å². The highest BCUT2D eigenvalue weighted by Crippen LogP contribution is 2.36. The van der Waals surface area contributed by atoms with Gasteiger partial charge in [0.05, 0.1) is 18.4 Å². The van der Waals surface area contributed by atoms with Crippen LogP contribution in [0.25, 0.3) is 0 Å². The van der Waals surface area contributed by atoms with Gasteiger partial charge in [0.1, 0.15) is 0 Å². The van der Waals surface area contributed by atoms with Crippen molar-refractivity contribution in [2.45, 2.75) is 32.7 Å². The molecule has 5 heteroatoms. The van der Waals surface area contributed by atoms with Gasteiger partial charge in [0, 0.05) is 6.04 Å². The molecule has 16 heavy (non-hydrogen) atoms. The number of aliphatic carboxylic acids is 1. The van der Waals surface area contributed by atoms with E-state index in [9.17, 15) is 9.59 Å². The van der Waals surface area contributed by atoms with Gasteiger partial charge in [0.25, 0.3) is 0 Å². The largest absolute Gasteiger partial charge is 0.481 e. The van der Waals surface area contributed by atoms with Crippen LogP contribution in [0.15, 0.2) is 0 Å². The molecule has 5 nitrogen and oxygen atoms in total. The number of hydrogen-bond donors (Lipinski definition) is 3. The normalized spacial score (nSPS) is 31.1. The lowest BCUT2D eigenvalue weighted by Gasteiger charge is -2.18. The minimum atomic E-state index is -0.902. The maximum Gasteiger partial charge on any atom is 0.307 e. The number of aliphatic hydroxyl groups excluding tert-OH is 1. The van der Waals surface area contributed by atoms with Crippen molar-refractivity contribution in [1.29, 1.82) is 0 Å². The molecule has 1 amide bonds. The third-order valence-corrected chi connectivity index (χ3v) is 3.11. The monoisotopic (exact) mass is 229 g/mol. The van der Waals surface area contributed by atoms with Crippen molar-refractivity contribution in [2.24, 2.45) is 17.8 Å². The summed E-state index contributed by atoms with van der Waals surface area (Å²) in [4.78, 5) is 22.8. The number of nitrogens with one attached hydrogen (secondary N) is 1. The minimum absolute atomic E-state index is 0.133. The Morgan fingerprint density at radius 2 is 1.94 bits per heavy atom. The van der Waals surface area contributed by atoms with Crippen molar-refractivity contribution in [2.75, 3.05) is 6.61 Å². The van der Waals surface area contributed by atoms with Gasteiger partial charge < -0.3 is 15.5 Å². The molecule has 1 saturated carbocycles. The van der Waals surface area contributed by atoms with Gasteiger partial charge in [-0.05, 0) is 25.7 Å². The van der Waals surface area contributed by atoms with Crippen LogP contribution in [0.5, 0.6) is 0 Å². The van der Waals surface area contributed by atoms with Gasteiger partial charge >= 0.3 is 5.97 Å². The number of carbonyl (C=O) groups is 2. The molecule has 0 aromatic carbocycles. The molecule has 0 radical (unpaired) electrons. The molecule has 3 unspecified atom stereocenters. The van der Waals surface area contributed by atoms with E-state index >= 15 is 0 Å². The van der Waals surface area contributed by atoms with E-state index in [1.54, 1.807) is 6.92 Å². The fourth-order valence-electron chi connectivity index (χ4n) is 2.25. The quantitative estimate of drug-likeness (QED) is 0.644. The van der Waals surface area contributed by atoms with Crippen LogP contribution in [0.3, 0.4) is 0 Å². The zero-order chi connectivity index (χ0) is 12.3. The summed E-state index contributed by atoms with van der Waals surface area (Å²) in [5.74, 6) is -1.93. The second-order valence-corrected chi connectivity index (χ2v) is 4.72. The molecule has 0 heterocycles. The molecule has 1 aliphatic carbocycles. The van der Waals surface area contributed by atoms with E-state index in [0.29, 0.717) is 12.8 Å². The van der Waals surface area contributed by atoms with Crippen LogP contribution in [0, 0.1) is 17.8 Å². The van der Waals surface area contributed by atoms with E-state index in [2.05, 4.69) is 5.32 Å². The molecular weight excluding hydrogens is 210 g/mol. The van der Waals surface area contributed by atoms with Crippen LogP contribution in [-0.4, -0.2) is 34.7 Å². The van der Waals surface area contributed by atoms with Crippen LogP contribution in [0.2, 0.25) is 0 Å². The van der Waals surface area contributed by atoms with Gasteiger partial charge in [-0.25, -0.2) is 0 Å². The van der Waals surface area contributed by atoms with Crippen LogP contribution in [0.1, 0.15) is 26.7 Å². The lowest BCUT2D eigenvalue weighted by Crippen LogP contribution is -2.41. The lowest BCUT2D eigenvalue weighted by atomic mass is 9.95. The Hall–Kier alpha value is -1.10. The summed E-state index contributed by atoms with van der Waals surface area (Å²) < 4.78 is 0. The summed E-state index contributed by atoms with van der Waals surface area (Å²) in [5, 5.41) is 20.5. The fraction of sp³-hybridized carbons (Fsp3) is 0.818. The summed E-state index contributed by atoms with van der Waals surface area (Å²) in [6, 6.07) is -0.321. The molecule has 0 spiro atoms. The van der Waals surface area contributed by atoms with Crippen LogP contribution in [0.4, 0.5) is 0 Å². The molecular formula is C11H19NO4. The average molecular weight is 229 g/mol. The number of carboxylic acids is 1. The highest BCUT2D eigenvalue weighted by molar-refractivity contribution is 5.85. The summed E-state index contributed by atoms with van der Waals surface area (Å²) in [6.45, 7) is 3.51. The predicted molar refractivity (Wildman–Crippen MR) is 57.7 cm³/mol. The molecule has 4 atom stereocenters. The Morgan fingerprint density at radius 1 is 1.38 bits per heavy atom. The Bertz CT molecular complexity index is 279. The Balaban J connectivity index is 2.63. The maximum atomic E-state index is 11.8. The van der Waals surface area contributed by atoms with Gasteiger partial charge in [-0.2, -0.15) is 0 Å². The highest BCUT2D eigenvalue weighted by Gasteiger charge is 2.41. The third kappa shape index (κ3) is 2.95. The van der Waals surface area contributed by atoms with Crippen molar-refractivity contribution < 1.29 is 19.8 Å². The predicted octanol–water partition coefficient (Wildman–Crippen LogP) is 0.230. The van der Waals surface area contributed by atoms with Crippen LogP contribution in [-0.2, 0) is 9.59 Å². The van der Waals surface area contributed by atoms with E-state index in [4.69, 9.17) is 10.2 Å². The number of rotatable bonds is 4. The zero-order valence-electron chi connectivity index (χ0n) is 9.64. The van der Waals surface area contributed by atoms with Crippen LogP contribution < -0.4 is 5.32 Å². The van der Waals surface area contributed by atoms with Crippen molar-refractivity contribution in [3.05, 3.63) is 0 Å². The van der Waals surface area contributed by atoms with E-state index in [0.717, 1.165) is 0 Å². The first-order chi connectivity index (χ1) is 7.45. The minimum Gasteiger partial charge on any atom is -0.481 e. The van der Waals surface area contributed by atoms with E-state index < -0.39 is 17.8 Å². The SMILES string of the molecule is CC1CC(C(=O)O)C(C(=O)N[C@H](C)CO)C1. The molecule has 1 aliphatic rings. The van der Waals surface area contributed by atoms with Gasteiger partial charge in [-0.3, -0.25) is 9.59 Å². The summed E-state index contributed by atoms with van der Waals surface area (Å²) in [6.07, 6.45) is 1.17.